The number of aliphatic hydroxyl groups is 1. The summed E-state index contributed by atoms with van der Waals surface area (Å²) in [5.41, 5.74) is 0. The van der Waals surface area contributed by atoms with Gasteiger partial charge in [0.05, 0.1) is 39.9 Å². The van der Waals surface area contributed by atoms with E-state index >= 15 is 0 Å². The summed E-state index contributed by atoms with van der Waals surface area (Å²) >= 11 is 0. The number of amides is 1. The lowest BCUT2D eigenvalue weighted by Crippen LogP contribution is -2.46. The molecule has 0 rings (SSSR count). The van der Waals surface area contributed by atoms with Crippen LogP contribution in [0.3, 0.4) is 0 Å². The maximum Gasteiger partial charge on any atom is 0.472 e. The number of aliphatic hydroxyl groups excluding tert-OH is 1. The average Bonchev–Trinajstić information content (AvgIpc) is 3.30. The van der Waals surface area contributed by atoms with Crippen molar-refractivity contribution < 1.29 is 32.9 Å². The van der Waals surface area contributed by atoms with Gasteiger partial charge >= 0.3 is 7.82 Å². The molecule has 3 atom stereocenters. The Hall–Kier alpha value is -3.10. The molecule has 1 amide bonds. The van der Waals surface area contributed by atoms with E-state index in [1.165, 1.54) is 51.4 Å². The van der Waals surface area contributed by atoms with Gasteiger partial charge in [0, 0.05) is 6.42 Å². The Morgan fingerprint density at radius 3 is 1.29 bits per heavy atom. The van der Waals surface area contributed by atoms with E-state index in [9.17, 15) is 19.4 Å². The molecule has 0 aromatic rings. The highest BCUT2D eigenvalue weighted by Crippen LogP contribution is 2.43. The number of phosphoric acid groups is 1. The van der Waals surface area contributed by atoms with E-state index in [4.69, 9.17) is 9.05 Å². The smallest absolute Gasteiger partial charge is 0.391 e. The minimum absolute atomic E-state index is 0.0649. The quantitative estimate of drug-likeness (QED) is 0.0243. The third-order valence-corrected chi connectivity index (χ3v) is 12.2. The molecule has 0 radical (unpaired) electrons. The van der Waals surface area contributed by atoms with Gasteiger partial charge in [-0.25, -0.2) is 4.57 Å². The lowest BCUT2D eigenvalue weighted by atomic mass is 10.0. The van der Waals surface area contributed by atoms with E-state index in [0.29, 0.717) is 23.9 Å². The number of unbranched alkanes of at least 4 members (excludes halogenated alkanes) is 14. The summed E-state index contributed by atoms with van der Waals surface area (Å²) in [6, 6.07) is -0.775. The molecule has 0 saturated heterocycles. The second-order valence-corrected chi connectivity index (χ2v) is 20.3. The number of nitrogens with one attached hydrogen (secondary N) is 1. The van der Waals surface area contributed by atoms with Gasteiger partial charge < -0.3 is 19.8 Å². The van der Waals surface area contributed by atoms with E-state index in [1.54, 1.807) is 0 Å². The number of quaternary nitrogens is 1. The van der Waals surface area contributed by atoms with Crippen molar-refractivity contribution in [2.45, 2.75) is 206 Å². The molecule has 388 valence electrons. The number of rotatable bonds is 47. The largest absolute Gasteiger partial charge is 0.472 e. The summed E-state index contributed by atoms with van der Waals surface area (Å²) in [5, 5.41) is 13.9. The fraction of sp³-hybridized carbons (Fsp3) is 0.644. The molecule has 0 aliphatic carbocycles. The van der Waals surface area contributed by atoms with Crippen LogP contribution in [0, 0.1) is 0 Å². The van der Waals surface area contributed by atoms with Crippen LogP contribution in [0.5, 0.6) is 0 Å². The summed E-state index contributed by atoms with van der Waals surface area (Å²) in [7, 11) is 1.58. The van der Waals surface area contributed by atoms with Crippen LogP contribution in [0.25, 0.3) is 0 Å². The molecule has 68 heavy (non-hydrogen) atoms. The van der Waals surface area contributed by atoms with Crippen LogP contribution < -0.4 is 5.32 Å². The van der Waals surface area contributed by atoms with Crippen LogP contribution >= 0.6 is 7.82 Å². The van der Waals surface area contributed by atoms with Crippen LogP contribution in [-0.4, -0.2) is 73.4 Å². The van der Waals surface area contributed by atoms with Gasteiger partial charge in [0.15, 0.2) is 0 Å². The Morgan fingerprint density at radius 1 is 0.515 bits per heavy atom. The van der Waals surface area contributed by atoms with Gasteiger partial charge in [-0.15, -0.1) is 0 Å². The Balaban J connectivity index is 4.11. The fourth-order valence-corrected chi connectivity index (χ4v) is 7.75. The average molecular weight is 966 g/mol. The second kappa shape index (κ2) is 48.9. The van der Waals surface area contributed by atoms with Crippen LogP contribution in [0.15, 0.2) is 122 Å². The van der Waals surface area contributed by atoms with Crippen molar-refractivity contribution in [2.24, 2.45) is 0 Å². The highest BCUT2D eigenvalue weighted by Gasteiger charge is 2.28. The van der Waals surface area contributed by atoms with E-state index in [0.717, 1.165) is 116 Å². The molecule has 0 aliphatic heterocycles. The molecule has 0 spiro atoms. The predicted molar refractivity (Wildman–Crippen MR) is 295 cm³/mol. The molecule has 3 N–H and O–H groups in total. The lowest BCUT2D eigenvalue weighted by molar-refractivity contribution is -0.870. The minimum Gasteiger partial charge on any atom is -0.391 e. The van der Waals surface area contributed by atoms with Crippen molar-refractivity contribution >= 4 is 13.7 Å². The fourth-order valence-electron chi connectivity index (χ4n) is 7.01. The van der Waals surface area contributed by atoms with E-state index in [1.807, 2.05) is 21.1 Å². The first kappa shape index (κ1) is 64.9. The van der Waals surface area contributed by atoms with Gasteiger partial charge in [-0.05, 0) is 89.9 Å². The summed E-state index contributed by atoms with van der Waals surface area (Å²) in [4.78, 5) is 23.2. The standard InChI is InChI=1S/C59H101N2O6P/c1-6-8-10-12-14-16-17-18-19-20-21-22-23-24-25-26-27-28-29-30-31-32-33-34-35-36-37-38-39-40-41-42-43-45-47-49-51-53-59(63)60-57(56-67-68(64,65)66-55-54-61(3,4)5)58(62)52-50-48-46-44-15-13-11-9-7-2/h8,10,14,16,18-19,21-22,24-25,27-28,30-31,33-34,36-37,39-40,57-58,62H,6-7,9,11-13,15,17,20,23,26,29,32,35,38,41-56H2,1-5H3,(H-,60,63,64,65)/p+1/b10-8-,16-14-,19-18-,22-21-,25-24-,28-27-,31-30-,34-33-,37-36-,40-39-. The molecular weight excluding hydrogens is 864 g/mol. The number of carbonyl (C=O) groups excluding carboxylic acids is 1. The highest BCUT2D eigenvalue weighted by atomic mass is 31.2. The number of hydrogen-bond acceptors (Lipinski definition) is 5. The maximum atomic E-state index is 12.9. The molecular formula is C59H102N2O6P+. The molecule has 0 fully saturated rings. The zero-order chi connectivity index (χ0) is 49.9. The van der Waals surface area contributed by atoms with Crippen LogP contribution in [0.1, 0.15) is 194 Å². The number of likely N-dealkylation sites (N-methyl/N-ethyl adjacent to an activating group) is 1. The van der Waals surface area contributed by atoms with Crippen molar-refractivity contribution in [3.63, 3.8) is 0 Å². The third kappa shape index (κ3) is 50.8. The van der Waals surface area contributed by atoms with Gasteiger partial charge in [0.25, 0.3) is 0 Å². The number of phosphoric ester groups is 1. The molecule has 3 unspecified atom stereocenters. The molecule has 9 heteroatoms. The molecule has 0 aromatic carbocycles. The van der Waals surface area contributed by atoms with E-state index in [-0.39, 0.29) is 19.1 Å². The van der Waals surface area contributed by atoms with Crippen molar-refractivity contribution in [1.82, 2.24) is 5.32 Å². The normalized spacial score (nSPS) is 15.0. The monoisotopic (exact) mass is 966 g/mol. The zero-order valence-electron chi connectivity index (χ0n) is 44.0. The third-order valence-electron chi connectivity index (χ3n) is 11.2. The van der Waals surface area contributed by atoms with Gasteiger partial charge in [0.1, 0.15) is 13.2 Å². The van der Waals surface area contributed by atoms with E-state index in [2.05, 4.69) is 141 Å². The van der Waals surface area contributed by atoms with Gasteiger partial charge in [0.2, 0.25) is 5.91 Å². The van der Waals surface area contributed by atoms with Gasteiger partial charge in [-0.2, -0.15) is 0 Å². The van der Waals surface area contributed by atoms with Crippen LogP contribution in [0.4, 0.5) is 0 Å². The summed E-state index contributed by atoms with van der Waals surface area (Å²) in [6.07, 6.45) is 72.6. The SMILES string of the molecule is CC/C=C\C/C=C\C/C=C\C/C=C\C/C=C\C/C=C\C/C=C\C/C=C\C/C=C\C/C=C\CCCCCCCCC(=O)NC(COP(=O)(O)OCC[N+](C)(C)C)C(O)CCCCCCCCCCC. The molecule has 0 aliphatic rings. The Labute approximate surface area is 418 Å². The zero-order valence-corrected chi connectivity index (χ0v) is 44.9. The Bertz CT molecular complexity index is 1510. The summed E-state index contributed by atoms with van der Waals surface area (Å²) < 4.78 is 23.6. The summed E-state index contributed by atoms with van der Waals surface area (Å²) in [5.74, 6) is -0.167. The second-order valence-electron chi connectivity index (χ2n) is 18.9. The molecule has 0 saturated carbocycles. The van der Waals surface area contributed by atoms with Crippen molar-refractivity contribution in [3.8, 4) is 0 Å². The van der Waals surface area contributed by atoms with Crippen LogP contribution in [0.2, 0.25) is 0 Å². The summed E-state index contributed by atoms with van der Waals surface area (Å²) in [6.45, 7) is 4.71. The molecule has 0 heterocycles. The predicted octanol–water partition coefficient (Wildman–Crippen LogP) is 16.2. The first-order valence-corrected chi connectivity index (χ1v) is 28.4. The number of allylic oxidation sites excluding steroid dienone is 20. The Kier molecular flexibility index (Phi) is 46.7. The minimum atomic E-state index is -4.32. The van der Waals surface area contributed by atoms with Crippen molar-refractivity contribution in [3.05, 3.63) is 122 Å². The van der Waals surface area contributed by atoms with Gasteiger partial charge in [-0.1, -0.05) is 219 Å². The number of carbonyl (C=O) groups is 1. The first-order valence-electron chi connectivity index (χ1n) is 26.9. The van der Waals surface area contributed by atoms with Crippen molar-refractivity contribution in [2.75, 3.05) is 40.9 Å². The van der Waals surface area contributed by atoms with Crippen molar-refractivity contribution in [1.29, 1.82) is 0 Å². The van der Waals surface area contributed by atoms with E-state index < -0.39 is 20.0 Å². The first-order chi connectivity index (χ1) is 33.0. The maximum absolute atomic E-state index is 12.9. The molecule has 0 aromatic heterocycles. The lowest BCUT2D eigenvalue weighted by Gasteiger charge is -2.26. The number of nitrogens with zero attached hydrogens (tertiary/aromatic N) is 1. The number of hydrogen-bond donors (Lipinski definition) is 3. The van der Waals surface area contributed by atoms with Crippen LogP contribution in [-0.2, 0) is 18.4 Å². The Morgan fingerprint density at radius 2 is 0.882 bits per heavy atom. The van der Waals surface area contributed by atoms with Gasteiger partial charge in [-0.3, -0.25) is 13.8 Å². The molecule has 0 bridgehead atoms. The topological polar surface area (TPSA) is 105 Å². The molecule has 8 nitrogen and oxygen atoms in total. The highest BCUT2D eigenvalue weighted by molar-refractivity contribution is 7.47.